The third-order valence-corrected chi connectivity index (χ3v) is 2.46. The highest BCUT2D eigenvalue weighted by Gasteiger charge is 2.08. The molecule has 0 saturated heterocycles. The van der Waals surface area contributed by atoms with E-state index in [4.69, 9.17) is 5.11 Å². The second-order valence-corrected chi connectivity index (χ2v) is 3.57. The monoisotopic (exact) mass is 241 g/mol. The molecular weight excluding hydrogens is 234 g/mol. The number of carboxylic acids is 1. The van der Waals surface area contributed by atoms with Crippen molar-refractivity contribution in [3.05, 3.63) is 42.5 Å². The molecule has 1 N–H and O–H groups in total. The van der Waals surface area contributed by atoms with Crippen molar-refractivity contribution in [2.75, 3.05) is 0 Å². The van der Waals surface area contributed by atoms with Crippen LogP contribution in [0.1, 0.15) is 10.5 Å². The van der Waals surface area contributed by atoms with Crippen molar-refractivity contribution in [2.45, 2.75) is 0 Å². The van der Waals surface area contributed by atoms with Crippen LogP contribution in [0, 0.1) is 0 Å². The molecule has 7 nitrogen and oxygen atoms in total. The van der Waals surface area contributed by atoms with Crippen LogP contribution in [0.3, 0.4) is 0 Å². The number of pyridine rings is 2. The Kier molecular flexibility index (Phi) is 2.23. The summed E-state index contributed by atoms with van der Waals surface area (Å²) in [5.41, 5.74) is 2.08. The molecule has 7 heteroatoms. The van der Waals surface area contributed by atoms with E-state index in [1.54, 1.807) is 29.2 Å². The lowest BCUT2D eigenvalue weighted by molar-refractivity contribution is 0.0690. The molecule has 0 aliphatic heterocycles. The van der Waals surface area contributed by atoms with Gasteiger partial charge < -0.3 is 5.11 Å². The lowest BCUT2D eigenvalue weighted by Crippen LogP contribution is -2.02. The number of rotatable bonds is 2. The van der Waals surface area contributed by atoms with Crippen LogP contribution in [-0.4, -0.2) is 36.0 Å². The van der Waals surface area contributed by atoms with Gasteiger partial charge in [-0.1, -0.05) is 5.21 Å². The minimum atomic E-state index is -1.06. The Hall–Kier alpha value is -2.83. The predicted molar refractivity (Wildman–Crippen MR) is 61.4 cm³/mol. The molecule has 0 unspecified atom stereocenters. The summed E-state index contributed by atoms with van der Waals surface area (Å²) in [4.78, 5) is 18.5. The van der Waals surface area contributed by atoms with Gasteiger partial charge in [0.2, 0.25) is 0 Å². The molecule has 3 aromatic rings. The lowest BCUT2D eigenvalue weighted by Gasteiger charge is -2.01. The Morgan fingerprint density at radius 1 is 1.22 bits per heavy atom. The van der Waals surface area contributed by atoms with E-state index in [0.717, 1.165) is 5.52 Å². The number of aromatic nitrogens is 5. The Morgan fingerprint density at radius 2 is 2.11 bits per heavy atom. The number of aromatic carboxylic acids is 1. The zero-order chi connectivity index (χ0) is 12.5. The maximum atomic E-state index is 10.7. The van der Waals surface area contributed by atoms with Crippen molar-refractivity contribution in [1.29, 1.82) is 0 Å². The summed E-state index contributed by atoms with van der Waals surface area (Å²) in [5, 5.41) is 16.7. The fraction of sp³-hybridized carbons (Fsp3) is 0. The first-order valence-corrected chi connectivity index (χ1v) is 5.11. The zero-order valence-electron chi connectivity index (χ0n) is 9.06. The highest BCUT2D eigenvalue weighted by molar-refractivity contribution is 5.85. The number of nitrogens with zero attached hydrogens (tertiary/aromatic N) is 5. The maximum Gasteiger partial charge on any atom is 0.354 e. The largest absolute Gasteiger partial charge is 0.477 e. The highest BCUT2D eigenvalue weighted by Crippen LogP contribution is 2.14. The molecule has 18 heavy (non-hydrogen) atoms. The average molecular weight is 241 g/mol. The van der Waals surface area contributed by atoms with E-state index in [2.05, 4.69) is 20.3 Å². The Bertz CT molecular complexity index is 720. The first-order valence-electron chi connectivity index (χ1n) is 5.11. The SMILES string of the molecule is O=C(O)c1ccc(-n2nnc3ccncc32)cn1. The zero-order valence-corrected chi connectivity index (χ0v) is 9.06. The molecule has 0 aliphatic carbocycles. The molecule has 88 valence electrons. The second-order valence-electron chi connectivity index (χ2n) is 3.57. The summed E-state index contributed by atoms with van der Waals surface area (Å²) < 4.78 is 1.56. The van der Waals surface area contributed by atoms with Gasteiger partial charge in [0, 0.05) is 6.20 Å². The third-order valence-electron chi connectivity index (χ3n) is 2.46. The van der Waals surface area contributed by atoms with E-state index in [0.29, 0.717) is 11.2 Å². The predicted octanol–water partition coefficient (Wildman–Crippen LogP) is 0.909. The Labute approximate surface area is 101 Å². The van der Waals surface area contributed by atoms with Gasteiger partial charge in [-0.05, 0) is 18.2 Å². The summed E-state index contributed by atoms with van der Waals surface area (Å²) in [6.45, 7) is 0. The van der Waals surface area contributed by atoms with Gasteiger partial charge in [-0.25, -0.2) is 14.5 Å². The van der Waals surface area contributed by atoms with E-state index in [1.165, 1.54) is 12.3 Å². The number of carboxylic acid groups (broad SMARTS) is 1. The normalized spacial score (nSPS) is 10.7. The Morgan fingerprint density at radius 3 is 2.83 bits per heavy atom. The average Bonchev–Trinajstić information content (AvgIpc) is 2.82. The van der Waals surface area contributed by atoms with Gasteiger partial charge in [0.15, 0.2) is 0 Å². The van der Waals surface area contributed by atoms with Crippen LogP contribution in [0.2, 0.25) is 0 Å². The van der Waals surface area contributed by atoms with Crippen molar-refractivity contribution < 1.29 is 9.90 Å². The molecule has 0 aliphatic rings. The number of hydrogen-bond donors (Lipinski definition) is 1. The molecule has 3 heterocycles. The summed E-state index contributed by atoms with van der Waals surface area (Å²) >= 11 is 0. The Balaban J connectivity index is 2.12. The van der Waals surface area contributed by atoms with E-state index >= 15 is 0 Å². The number of hydrogen-bond acceptors (Lipinski definition) is 5. The third kappa shape index (κ3) is 1.58. The van der Waals surface area contributed by atoms with Crippen LogP contribution in [0.25, 0.3) is 16.7 Å². The first-order chi connectivity index (χ1) is 8.75. The smallest absolute Gasteiger partial charge is 0.354 e. The number of carbonyl (C=O) groups is 1. The highest BCUT2D eigenvalue weighted by atomic mass is 16.4. The second kappa shape index (κ2) is 3.88. The first kappa shape index (κ1) is 10.3. The summed E-state index contributed by atoms with van der Waals surface area (Å²) in [6, 6.07) is 4.79. The van der Waals surface area contributed by atoms with Gasteiger partial charge in [0.05, 0.1) is 18.1 Å². The molecule has 0 saturated carbocycles. The van der Waals surface area contributed by atoms with Gasteiger partial charge in [0.1, 0.15) is 16.7 Å². The molecule has 0 aromatic carbocycles. The van der Waals surface area contributed by atoms with Gasteiger partial charge >= 0.3 is 5.97 Å². The fourth-order valence-corrected chi connectivity index (χ4v) is 1.60. The topological polar surface area (TPSA) is 93.8 Å². The van der Waals surface area contributed by atoms with Crippen molar-refractivity contribution in [3.8, 4) is 5.69 Å². The van der Waals surface area contributed by atoms with E-state index < -0.39 is 5.97 Å². The van der Waals surface area contributed by atoms with Crippen LogP contribution < -0.4 is 0 Å². The molecule has 0 atom stereocenters. The standard InChI is InChI=1S/C11H7N5O2/c17-11(18)9-2-1-7(5-13-9)16-10-6-12-4-3-8(10)14-15-16/h1-6H,(H,17,18). The lowest BCUT2D eigenvalue weighted by atomic mass is 10.3. The molecular formula is C11H7N5O2. The van der Waals surface area contributed by atoms with Gasteiger partial charge in [-0.2, -0.15) is 0 Å². The summed E-state index contributed by atoms with van der Waals surface area (Å²) in [7, 11) is 0. The molecule has 0 bridgehead atoms. The van der Waals surface area contributed by atoms with Crippen LogP contribution in [-0.2, 0) is 0 Å². The van der Waals surface area contributed by atoms with E-state index in [1.807, 2.05) is 0 Å². The molecule has 0 radical (unpaired) electrons. The quantitative estimate of drug-likeness (QED) is 0.716. The molecule has 0 fully saturated rings. The van der Waals surface area contributed by atoms with Crippen molar-refractivity contribution in [2.24, 2.45) is 0 Å². The van der Waals surface area contributed by atoms with Crippen LogP contribution in [0.4, 0.5) is 0 Å². The van der Waals surface area contributed by atoms with E-state index in [-0.39, 0.29) is 5.69 Å². The fourth-order valence-electron chi connectivity index (χ4n) is 1.60. The van der Waals surface area contributed by atoms with Crippen LogP contribution >= 0.6 is 0 Å². The number of fused-ring (bicyclic) bond motifs is 1. The van der Waals surface area contributed by atoms with Gasteiger partial charge in [0.25, 0.3) is 0 Å². The van der Waals surface area contributed by atoms with Crippen LogP contribution in [0.5, 0.6) is 0 Å². The molecule has 0 amide bonds. The van der Waals surface area contributed by atoms with E-state index in [9.17, 15) is 4.79 Å². The maximum absolute atomic E-state index is 10.7. The molecule has 3 rings (SSSR count). The van der Waals surface area contributed by atoms with Crippen molar-refractivity contribution >= 4 is 17.0 Å². The van der Waals surface area contributed by atoms with Gasteiger partial charge in [-0.3, -0.25) is 4.98 Å². The minimum absolute atomic E-state index is 0.0127. The minimum Gasteiger partial charge on any atom is -0.477 e. The molecule has 3 aromatic heterocycles. The molecule has 0 spiro atoms. The van der Waals surface area contributed by atoms with Gasteiger partial charge in [-0.15, -0.1) is 5.10 Å². The van der Waals surface area contributed by atoms with Crippen molar-refractivity contribution in [3.63, 3.8) is 0 Å². The summed E-state index contributed by atoms with van der Waals surface area (Å²) in [6.07, 6.45) is 4.71. The van der Waals surface area contributed by atoms with Crippen molar-refractivity contribution in [1.82, 2.24) is 25.0 Å². The van der Waals surface area contributed by atoms with Crippen LogP contribution in [0.15, 0.2) is 36.8 Å². The summed E-state index contributed by atoms with van der Waals surface area (Å²) in [5.74, 6) is -1.06.